The van der Waals surface area contributed by atoms with Gasteiger partial charge in [-0.05, 0) is 13.0 Å². The van der Waals surface area contributed by atoms with Crippen LogP contribution in [0.3, 0.4) is 0 Å². The van der Waals surface area contributed by atoms with Gasteiger partial charge in [-0.3, -0.25) is 0 Å². The predicted molar refractivity (Wildman–Crippen MR) is 55.2 cm³/mol. The fraction of sp³-hybridized carbons (Fsp3) is 0.556. The summed E-state index contributed by atoms with van der Waals surface area (Å²) < 4.78 is 36.9. The number of nitrogens with zero attached hydrogens (tertiary/aromatic N) is 2. The van der Waals surface area contributed by atoms with Crippen LogP contribution >= 0.6 is 0 Å². The molecule has 0 saturated heterocycles. The topological polar surface area (TPSA) is 84.1 Å². The molecule has 2 atom stereocenters. The van der Waals surface area contributed by atoms with Crippen LogP contribution in [0.15, 0.2) is 12.3 Å². The largest absolute Gasteiger partial charge is 0.433 e. The average molecular weight is 250 g/mol. The van der Waals surface area contributed by atoms with Crippen LogP contribution in [0.1, 0.15) is 12.6 Å². The number of hydrogen-bond donors (Lipinski definition) is 3. The van der Waals surface area contributed by atoms with Crippen LogP contribution in [0, 0.1) is 0 Å². The Labute approximate surface area is 95.9 Å². The lowest BCUT2D eigenvalue weighted by molar-refractivity contribution is -0.141. The molecule has 1 heterocycles. The standard InChI is InChI=1S/C9H13F3N4O/c1-5(17)6(13)4-15-8-14-3-2-7(16-8)9(10,11)12/h2-3,5-6,17H,4,13H2,1H3,(H,14,15,16). The van der Waals surface area contributed by atoms with E-state index in [0.717, 1.165) is 12.3 Å². The van der Waals surface area contributed by atoms with Gasteiger partial charge < -0.3 is 16.2 Å². The Morgan fingerprint density at radius 2 is 2.18 bits per heavy atom. The number of nitrogens with one attached hydrogen (secondary N) is 1. The average Bonchev–Trinajstić information content (AvgIpc) is 2.25. The van der Waals surface area contributed by atoms with E-state index in [1.165, 1.54) is 6.92 Å². The van der Waals surface area contributed by atoms with Crippen LogP contribution in [-0.2, 0) is 6.18 Å². The second-order valence-corrected chi connectivity index (χ2v) is 3.55. The minimum Gasteiger partial charge on any atom is -0.392 e. The number of hydrogen-bond acceptors (Lipinski definition) is 5. The summed E-state index contributed by atoms with van der Waals surface area (Å²) in [6, 6.07) is 0.174. The van der Waals surface area contributed by atoms with E-state index in [1.807, 2.05) is 0 Å². The third-order valence-corrected chi connectivity index (χ3v) is 2.06. The first-order valence-electron chi connectivity index (χ1n) is 4.88. The highest BCUT2D eigenvalue weighted by Gasteiger charge is 2.32. The summed E-state index contributed by atoms with van der Waals surface area (Å²) in [5.74, 6) is -0.170. The summed E-state index contributed by atoms with van der Waals surface area (Å²) >= 11 is 0. The van der Waals surface area contributed by atoms with Gasteiger partial charge in [0.1, 0.15) is 5.69 Å². The maximum absolute atomic E-state index is 12.3. The Kier molecular flexibility index (Phi) is 4.24. The summed E-state index contributed by atoms with van der Waals surface area (Å²) in [4.78, 5) is 6.92. The van der Waals surface area contributed by atoms with Gasteiger partial charge in [-0.1, -0.05) is 0 Å². The molecule has 4 N–H and O–H groups in total. The van der Waals surface area contributed by atoms with Gasteiger partial charge in [-0.2, -0.15) is 13.2 Å². The van der Waals surface area contributed by atoms with Crippen LogP contribution < -0.4 is 11.1 Å². The molecule has 1 aromatic heterocycles. The van der Waals surface area contributed by atoms with E-state index >= 15 is 0 Å². The maximum Gasteiger partial charge on any atom is 0.433 e. The molecular weight excluding hydrogens is 237 g/mol. The highest BCUT2D eigenvalue weighted by Crippen LogP contribution is 2.27. The van der Waals surface area contributed by atoms with Crippen molar-refractivity contribution < 1.29 is 18.3 Å². The number of halogens is 3. The Bertz CT molecular complexity index is 370. The summed E-state index contributed by atoms with van der Waals surface area (Å²) in [7, 11) is 0. The van der Waals surface area contributed by atoms with Crippen molar-refractivity contribution in [1.29, 1.82) is 0 Å². The lowest BCUT2D eigenvalue weighted by Crippen LogP contribution is -2.39. The predicted octanol–water partition coefficient (Wildman–Crippen LogP) is 0.615. The van der Waals surface area contributed by atoms with Crippen molar-refractivity contribution in [1.82, 2.24) is 9.97 Å². The normalized spacial score (nSPS) is 15.4. The number of rotatable bonds is 4. The highest BCUT2D eigenvalue weighted by molar-refractivity contribution is 5.26. The molecular formula is C9H13F3N4O. The molecule has 2 unspecified atom stereocenters. The van der Waals surface area contributed by atoms with E-state index in [-0.39, 0.29) is 12.5 Å². The van der Waals surface area contributed by atoms with E-state index in [2.05, 4.69) is 15.3 Å². The Hall–Kier alpha value is -1.41. The summed E-state index contributed by atoms with van der Waals surface area (Å²) in [6.07, 6.45) is -4.27. The van der Waals surface area contributed by atoms with Crippen molar-refractivity contribution >= 4 is 5.95 Å². The lowest BCUT2D eigenvalue weighted by Gasteiger charge is -2.15. The van der Waals surface area contributed by atoms with E-state index in [1.54, 1.807) is 0 Å². The third-order valence-electron chi connectivity index (χ3n) is 2.06. The minimum atomic E-state index is -4.51. The third kappa shape index (κ3) is 4.16. The first-order chi connectivity index (χ1) is 7.80. The molecule has 0 aliphatic carbocycles. The van der Waals surface area contributed by atoms with Gasteiger partial charge >= 0.3 is 6.18 Å². The minimum absolute atomic E-state index is 0.0823. The van der Waals surface area contributed by atoms with E-state index in [4.69, 9.17) is 10.8 Å². The van der Waals surface area contributed by atoms with Gasteiger partial charge in [0.05, 0.1) is 6.10 Å². The SMILES string of the molecule is CC(O)C(N)CNc1nccc(C(F)(F)F)n1. The fourth-order valence-corrected chi connectivity index (χ4v) is 0.981. The molecule has 0 saturated carbocycles. The van der Waals surface area contributed by atoms with Crippen molar-refractivity contribution in [3.63, 3.8) is 0 Å². The molecule has 96 valence electrons. The van der Waals surface area contributed by atoms with Crippen LogP contribution in [0.2, 0.25) is 0 Å². The maximum atomic E-state index is 12.3. The van der Waals surface area contributed by atoms with Crippen LogP contribution in [0.25, 0.3) is 0 Å². The van der Waals surface area contributed by atoms with Gasteiger partial charge in [-0.25, -0.2) is 9.97 Å². The van der Waals surface area contributed by atoms with E-state index < -0.39 is 24.0 Å². The Morgan fingerprint density at radius 3 is 2.71 bits per heavy atom. The first kappa shape index (κ1) is 13.7. The van der Waals surface area contributed by atoms with Crippen molar-refractivity contribution in [2.45, 2.75) is 25.2 Å². The zero-order chi connectivity index (χ0) is 13.1. The number of alkyl halides is 3. The molecule has 1 rings (SSSR count). The number of aliphatic hydroxyl groups excluding tert-OH is 1. The Morgan fingerprint density at radius 1 is 1.53 bits per heavy atom. The molecule has 0 radical (unpaired) electrons. The van der Waals surface area contributed by atoms with E-state index in [0.29, 0.717) is 0 Å². The van der Waals surface area contributed by atoms with Gasteiger partial charge in [0.2, 0.25) is 5.95 Å². The number of aliphatic hydroxyl groups is 1. The summed E-state index contributed by atoms with van der Waals surface area (Å²) in [5.41, 5.74) is 4.47. The van der Waals surface area contributed by atoms with Gasteiger partial charge in [0.25, 0.3) is 0 Å². The number of anilines is 1. The van der Waals surface area contributed by atoms with Crippen molar-refractivity contribution in [3.05, 3.63) is 18.0 Å². The molecule has 1 aromatic rings. The molecule has 0 aromatic carbocycles. The number of nitrogens with two attached hydrogens (primary N) is 1. The zero-order valence-electron chi connectivity index (χ0n) is 9.07. The molecule has 0 aliphatic heterocycles. The van der Waals surface area contributed by atoms with Crippen LogP contribution in [0.5, 0.6) is 0 Å². The van der Waals surface area contributed by atoms with Crippen molar-refractivity contribution in [2.75, 3.05) is 11.9 Å². The molecule has 0 amide bonds. The second kappa shape index (κ2) is 5.28. The van der Waals surface area contributed by atoms with Crippen molar-refractivity contribution in [2.24, 2.45) is 5.73 Å². The molecule has 0 bridgehead atoms. The van der Waals surface area contributed by atoms with Crippen LogP contribution in [-0.4, -0.2) is 33.8 Å². The molecule has 8 heteroatoms. The smallest absolute Gasteiger partial charge is 0.392 e. The van der Waals surface area contributed by atoms with Crippen LogP contribution in [0.4, 0.5) is 19.1 Å². The monoisotopic (exact) mass is 250 g/mol. The lowest BCUT2D eigenvalue weighted by atomic mass is 10.2. The zero-order valence-corrected chi connectivity index (χ0v) is 9.07. The van der Waals surface area contributed by atoms with Gasteiger partial charge in [-0.15, -0.1) is 0 Å². The van der Waals surface area contributed by atoms with Gasteiger partial charge in [0.15, 0.2) is 0 Å². The first-order valence-corrected chi connectivity index (χ1v) is 4.88. The van der Waals surface area contributed by atoms with Gasteiger partial charge in [0, 0.05) is 18.8 Å². The van der Waals surface area contributed by atoms with E-state index in [9.17, 15) is 13.2 Å². The molecule has 5 nitrogen and oxygen atoms in total. The Balaban J connectivity index is 2.67. The molecule has 0 aliphatic rings. The quantitative estimate of drug-likeness (QED) is 0.729. The summed E-state index contributed by atoms with van der Waals surface area (Å²) in [5, 5.41) is 11.6. The summed E-state index contributed by atoms with van der Waals surface area (Å²) in [6.45, 7) is 1.57. The number of aromatic nitrogens is 2. The highest BCUT2D eigenvalue weighted by atomic mass is 19.4. The molecule has 17 heavy (non-hydrogen) atoms. The van der Waals surface area contributed by atoms with Crippen molar-refractivity contribution in [3.8, 4) is 0 Å². The fourth-order valence-electron chi connectivity index (χ4n) is 0.981. The molecule has 0 fully saturated rings. The molecule has 0 spiro atoms. The second-order valence-electron chi connectivity index (χ2n) is 3.55.